The molecular weight excluding hydrogens is 386 g/mol. The minimum Gasteiger partial charge on any atom is -0.454 e. The molecule has 7 nitrogen and oxygen atoms in total. The van der Waals surface area contributed by atoms with Crippen molar-refractivity contribution in [2.24, 2.45) is 0 Å². The number of ether oxygens (including phenoxy) is 2. The van der Waals surface area contributed by atoms with Crippen molar-refractivity contribution in [2.45, 2.75) is 6.92 Å². The molecule has 0 fully saturated rings. The lowest BCUT2D eigenvalue weighted by molar-refractivity contribution is -0.115. The number of thiazole rings is 1. The Kier molecular flexibility index (Phi) is 4.78. The minimum absolute atomic E-state index is 0.143. The van der Waals surface area contributed by atoms with Crippen LogP contribution in [0, 0.1) is 6.92 Å². The molecule has 1 aliphatic heterocycles. The first-order valence-corrected chi connectivity index (χ1v) is 9.78. The van der Waals surface area contributed by atoms with Crippen molar-refractivity contribution in [3.05, 3.63) is 46.2 Å². The molecular formula is C18H15N3O4S2. The van der Waals surface area contributed by atoms with Crippen LogP contribution >= 0.6 is 22.7 Å². The van der Waals surface area contributed by atoms with Crippen molar-refractivity contribution in [3.63, 3.8) is 0 Å². The summed E-state index contributed by atoms with van der Waals surface area (Å²) in [5, 5.41) is 7.68. The number of nitrogens with one attached hydrogen (secondary N) is 2. The first kappa shape index (κ1) is 17.5. The molecule has 3 heterocycles. The zero-order valence-corrected chi connectivity index (χ0v) is 15.9. The van der Waals surface area contributed by atoms with Gasteiger partial charge in [0.05, 0.1) is 17.1 Å². The van der Waals surface area contributed by atoms with Crippen LogP contribution in [0.3, 0.4) is 0 Å². The molecule has 0 bridgehead atoms. The SMILES string of the molecule is Cc1ccc(-c2csc(NC(=O)CNC(=O)c3ccc4c(c3)OCO4)n2)s1. The standard InChI is InChI=1S/C18H15N3O4S2/c1-10-2-5-15(27-10)12-8-26-18(20-12)21-16(22)7-19-17(23)11-3-4-13-14(6-11)25-9-24-13/h2-6,8H,7,9H2,1H3,(H,19,23)(H,20,21,22). The van der Waals surface area contributed by atoms with Crippen LogP contribution in [-0.2, 0) is 4.79 Å². The average molecular weight is 401 g/mol. The molecule has 1 aliphatic rings. The summed E-state index contributed by atoms with van der Waals surface area (Å²) in [5.74, 6) is 0.417. The number of hydrogen-bond donors (Lipinski definition) is 2. The number of carbonyl (C=O) groups excluding carboxylic acids is 2. The van der Waals surface area contributed by atoms with Crippen LogP contribution in [0.25, 0.3) is 10.6 Å². The van der Waals surface area contributed by atoms with E-state index in [0.29, 0.717) is 22.2 Å². The van der Waals surface area contributed by atoms with Crippen LogP contribution in [0.5, 0.6) is 11.5 Å². The van der Waals surface area contributed by atoms with Crippen molar-refractivity contribution in [1.82, 2.24) is 10.3 Å². The number of thiophene rings is 1. The van der Waals surface area contributed by atoms with Crippen LogP contribution in [-0.4, -0.2) is 30.1 Å². The summed E-state index contributed by atoms with van der Waals surface area (Å²) in [6.07, 6.45) is 0. The maximum atomic E-state index is 12.2. The molecule has 1 aromatic carbocycles. The highest BCUT2D eigenvalue weighted by Gasteiger charge is 2.17. The lowest BCUT2D eigenvalue weighted by Gasteiger charge is -2.06. The first-order valence-electron chi connectivity index (χ1n) is 8.08. The van der Waals surface area contributed by atoms with E-state index in [9.17, 15) is 9.59 Å². The third-order valence-electron chi connectivity index (χ3n) is 3.79. The number of anilines is 1. The number of aryl methyl sites for hydroxylation is 1. The molecule has 9 heteroatoms. The molecule has 2 amide bonds. The lowest BCUT2D eigenvalue weighted by Crippen LogP contribution is -2.32. The number of amides is 2. The van der Waals surface area contributed by atoms with Crippen LogP contribution in [0.2, 0.25) is 0 Å². The molecule has 138 valence electrons. The Bertz CT molecular complexity index is 1010. The summed E-state index contributed by atoms with van der Waals surface area (Å²) in [6.45, 7) is 2.02. The number of benzene rings is 1. The highest BCUT2D eigenvalue weighted by atomic mass is 32.1. The molecule has 0 spiro atoms. The zero-order valence-electron chi connectivity index (χ0n) is 14.3. The molecule has 0 saturated carbocycles. The Labute approximate surface area is 163 Å². The second-order valence-electron chi connectivity index (χ2n) is 5.75. The van der Waals surface area contributed by atoms with Gasteiger partial charge in [-0.15, -0.1) is 22.7 Å². The number of fused-ring (bicyclic) bond motifs is 1. The normalized spacial score (nSPS) is 12.0. The summed E-state index contributed by atoms with van der Waals surface area (Å²) in [5.41, 5.74) is 1.23. The molecule has 3 aromatic rings. The van der Waals surface area contributed by atoms with Crippen molar-refractivity contribution in [1.29, 1.82) is 0 Å². The topological polar surface area (TPSA) is 89.6 Å². The predicted octanol–water partition coefficient (Wildman–Crippen LogP) is 3.28. The lowest BCUT2D eigenvalue weighted by atomic mass is 10.2. The Morgan fingerprint density at radius 1 is 1.19 bits per heavy atom. The largest absolute Gasteiger partial charge is 0.454 e. The second kappa shape index (κ2) is 7.37. The summed E-state index contributed by atoms with van der Waals surface area (Å²) in [4.78, 5) is 30.9. The number of nitrogens with zero attached hydrogens (tertiary/aromatic N) is 1. The van der Waals surface area contributed by atoms with E-state index in [1.165, 1.54) is 16.2 Å². The smallest absolute Gasteiger partial charge is 0.251 e. The molecule has 0 atom stereocenters. The van der Waals surface area contributed by atoms with Crippen LogP contribution in [0.15, 0.2) is 35.7 Å². The summed E-state index contributed by atoms with van der Waals surface area (Å²) in [6, 6.07) is 8.92. The molecule has 2 N–H and O–H groups in total. The molecule has 2 aromatic heterocycles. The van der Waals surface area contributed by atoms with Crippen molar-refractivity contribution in [3.8, 4) is 22.1 Å². The van der Waals surface area contributed by atoms with Gasteiger partial charge in [-0.2, -0.15) is 0 Å². The fraction of sp³-hybridized carbons (Fsp3) is 0.167. The van der Waals surface area contributed by atoms with Gasteiger partial charge in [0, 0.05) is 15.8 Å². The fourth-order valence-electron chi connectivity index (χ4n) is 2.48. The molecule has 0 radical (unpaired) electrons. The Balaban J connectivity index is 1.32. The first-order chi connectivity index (χ1) is 13.1. The van der Waals surface area contributed by atoms with Gasteiger partial charge in [0.1, 0.15) is 0 Å². The molecule has 27 heavy (non-hydrogen) atoms. The quantitative estimate of drug-likeness (QED) is 0.685. The third-order valence-corrected chi connectivity index (χ3v) is 5.57. The van der Waals surface area contributed by atoms with E-state index in [1.807, 2.05) is 24.4 Å². The summed E-state index contributed by atoms with van der Waals surface area (Å²) < 4.78 is 10.5. The fourth-order valence-corrected chi connectivity index (χ4v) is 4.11. The second-order valence-corrected chi connectivity index (χ2v) is 7.89. The van der Waals surface area contributed by atoms with Crippen molar-refractivity contribution < 1.29 is 19.1 Å². The Morgan fingerprint density at radius 2 is 2.04 bits per heavy atom. The third kappa shape index (κ3) is 3.93. The van der Waals surface area contributed by atoms with Crippen molar-refractivity contribution in [2.75, 3.05) is 18.7 Å². The van der Waals surface area contributed by atoms with E-state index < -0.39 is 0 Å². The Hall–Kier alpha value is -2.91. The number of rotatable bonds is 5. The zero-order chi connectivity index (χ0) is 18.8. The van der Waals surface area contributed by atoms with Gasteiger partial charge in [-0.05, 0) is 37.3 Å². The van der Waals surface area contributed by atoms with Crippen LogP contribution in [0.1, 0.15) is 15.2 Å². The van der Waals surface area contributed by atoms with Gasteiger partial charge in [-0.25, -0.2) is 4.98 Å². The summed E-state index contributed by atoms with van der Waals surface area (Å²) >= 11 is 3.00. The minimum atomic E-state index is -0.364. The number of aromatic nitrogens is 1. The van der Waals surface area contributed by atoms with Gasteiger partial charge in [-0.1, -0.05) is 0 Å². The highest BCUT2D eigenvalue weighted by molar-refractivity contribution is 7.17. The van der Waals surface area contributed by atoms with E-state index in [2.05, 4.69) is 15.6 Å². The van der Waals surface area contributed by atoms with Crippen LogP contribution in [0.4, 0.5) is 5.13 Å². The van der Waals surface area contributed by atoms with Gasteiger partial charge in [0.25, 0.3) is 5.91 Å². The Morgan fingerprint density at radius 3 is 2.85 bits per heavy atom. The highest BCUT2D eigenvalue weighted by Crippen LogP contribution is 2.32. The van der Waals surface area contributed by atoms with Gasteiger partial charge >= 0.3 is 0 Å². The van der Waals surface area contributed by atoms with Gasteiger partial charge in [0.2, 0.25) is 12.7 Å². The van der Waals surface area contributed by atoms with E-state index in [1.54, 1.807) is 29.5 Å². The van der Waals surface area contributed by atoms with E-state index in [-0.39, 0.29) is 25.2 Å². The van der Waals surface area contributed by atoms with Gasteiger partial charge in [-0.3, -0.25) is 9.59 Å². The molecule has 0 unspecified atom stereocenters. The van der Waals surface area contributed by atoms with Crippen molar-refractivity contribution >= 4 is 39.6 Å². The van der Waals surface area contributed by atoms with E-state index in [4.69, 9.17) is 9.47 Å². The number of hydrogen-bond acceptors (Lipinski definition) is 7. The molecule has 0 saturated heterocycles. The van der Waals surface area contributed by atoms with Crippen LogP contribution < -0.4 is 20.1 Å². The van der Waals surface area contributed by atoms with Gasteiger partial charge < -0.3 is 20.1 Å². The maximum absolute atomic E-state index is 12.2. The van der Waals surface area contributed by atoms with E-state index in [0.717, 1.165) is 10.6 Å². The monoisotopic (exact) mass is 401 g/mol. The molecule has 4 rings (SSSR count). The maximum Gasteiger partial charge on any atom is 0.251 e. The predicted molar refractivity (Wildman–Crippen MR) is 104 cm³/mol. The summed E-state index contributed by atoms with van der Waals surface area (Å²) in [7, 11) is 0. The molecule has 0 aliphatic carbocycles. The van der Waals surface area contributed by atoms with E-state index >= 15 is 0 Å². The van der Waals surface area contributed by atoms with Gasteiger partial charge in [0.15, 0.2) is 16.6 Å². The number of carbonyl (C=O) groups is 2. The average Bonchev–Trinajstić information content (AvgIpc) is 3.39.